The Morgan fingerprint density at radius 1 is 1.07 bits per heavy atom. The van der Waals surface area contributed by atoms with Gasteiger partial charge in [-0.05, 0) is 24.2 Å². The Kier molecular flexibility index (Phi) is 5.28. The zero-order valence-electron chi connectivity index (χ0n) is 11.4. The Morgan fingerprint density at radius 3 is 1.80 bits per heavy atom. The van der Waals surface area contributed by atoms with Gasteiger partial charge < -0.3 is 9.84 Å². The summed E-state index contributed by atoms with van der Waals surface area (Å²) in [5, 5.41) is 9.44. The highest BCUT2D eigenvalue weighted by molar-refractivity contribution is 4.77. The van der Waals surface area contributed by atoms with Gasteiger partial charge in [-0.25, -0.2) is 0 Å². The lowest BCUT2D eigenvalue weighted by molar-refractivity contribution is -0.0669. The normalized spacial score (nSPS) is 17.6. The van der Waals surface area contributed by atoms with Crippen molar-refractivity contribution in [1.29, 1.82) is 0 Å². The molecule has 0 aromatic heterocycles. The topological polar surface area (TPSA) is 29.5 Å². The summed E-state index contributed by atoms with van der Waals surface area (Å²) in [7, 11) is 0. The molecule has 0 radical (unpaired) electrons. The van der Waals surface area contributed by atoms with Crippen LogP contribution < -0.4 is 0 Å². The molecule has 2 unspecified atom stereocenters. The molecule has 2 nitrogen and oxygen atoms in total. The smallest absolute Gasteiger partial charge is 0.0648 e. The highest BCUT2D eigenvalue weighted by Gasteiger charge is 2.28. The first-order chi connectivity index (χ1) is 6.52. The van der Waals surface area contributed by atoms with Gasteiger partial charge >= 0.3 is 0 Å². The first kappa shape index (κ1) is 14.9. The highest BCUT2D eigenvalue weighted by Crippen LogP contribution is 2.28. The number of rotatable bonds is 4. The number of aliphatic hydroxyl groups is 1. The maximum absolute atomic E-state index is 9.44. The molecule has 1 N–H and O–H groups in total. The average molecular weight is 216 g/mol. The van der Waals surface area contributed by atoms with Crippen LogP contribution in [0.3, 0.4) is 0 Å². The molecule has 0 fully saturated rings. The second kappa shape index (κ2) is 5.31. The van der Waals surface area contributed by atoms with Crippen molar-refractivity contribution in [2.75, 3.05) is 6.61 Å². The van der Waals surface area contributed by atoms with Crippen LogP contribution in [0.4, 0.5) is 0 Å². The Balaban J connectivity index is 4.27. The molecule has 0 saturated heterocycles. The van der Waals surface area contributed by atoms with Crippen molar-refractivity contribution in [3.8, 4) is 0 Å². The third-order valence-electron chi connectivity index (χ3n) is 2.24. The van der Waals surface area contributed by atoms with E-state index in [1.807, 2.05) is 6.92 Å². The van der Waals surface area contributed by atoms with Gasteiger partial charge in [0.2, 0.25) is 0 Å². The molecule has 2 heteroatoms. The van der Waals surface area contributed by atoms with E-state index in [1.54, 1.807) is 0 Å². The van der Waals surface area contributed by atoms with Crippen molar-refractivity contribution < 1.29 is 9.84 Å². The van der Waals surface area contributed by atoms with Gasteiger partial charge in [0.05, 0.1) is 18.8 Å². The molecule has 0 amide bonds. The Labute approximate surface area is 95.0 Å². The molecule has 2 atom stereocenters. The first-order valence-electron chi connectivity index (χ1n) is 5.82. The molecule has 0 spiro atoms. The molecular formula is C13H28O2. The van der Waals surface area contributed by atoms with Crippen LogP contribution in [-0.2, 0) is 4.74 Å². The van der Waals surface area contributed by atoms with Crippen molar-refractivity contribution in [2.24, 2.45) is 10.8 Å². The van der Waals surface area contributed by atoms with Crippen molar-refractivity contribution in [3.05, 3.63) is 0 Å². The van der Waals surface area contributed by atoms with Gasteiger partial charge in [-0.1, -0.05) is 41.5 Å². The van der Waals surface area contributed by atoms with E-state index in [2.05, 4.69) is 41.5 Å². The monoisotopic (exact) mass is 216 g/mol. The van der Waals surface area contributed by atoms with E-state index in [4.69, 9.17) is 4.74 Å². The molecular weight excluding hydrogens is 188 g/mol. The number of aliphatic hydroxyl groups excluding tert-OH is 1. The fraction of sp³-hybridized carbons (Fsp3) is 1.00. The fourth-order valence-corrected chi connectivity index (χ4v) is 1.33. The molecule has 0 aliphatic carbocycles. The standard InChI is InChI=1S/C13H28O2/c1-10(14)8-11(13(5,6)7)15-9-12(2,3)4/h10-11,14H,8-9H2,1-7H3. The van der Waals surface area contributed by atoms with Gasteiger partial charge in [-0.3, -0.25) is 0 Å². The van der Waals surface area contributed by atoms with Crippen LogP contribution in [0.1, 0.15) is 54.9 Å². The van der Waals surface area contributed by atoms with Crippen LogP contribution in [0.25, 0.3) is 0 Å². The van der Waals surface area contributed by atoms with E-state index >= 15 is 0 Å². The third-order valence-corrected chi connectivity index (χ3v) is 2.24. The predicted molar refractivity (Wildman–Crippen MR) is 64.9 cm³/mol. The molecule has 0 saturated carbocycles. The minimum atomic E-state index is -0.297. The van der Waals surface area contributed by atoms with E-state index in [1.165, 1.54) is 0 Å². The summed E-state index contributed by atoms with van der Waals surface area (Å²) in [5.41, 5.74) is 0.268. The zero-order valence-corrected chi connectivity index (χ0v) is 11.4. The molecule has 0 aliphatic heterocycles. The van der Waals surface area contributed by atoms with Gasteiger partial charge in [0.25, 0.3) is 0 Å². The molecule has 15 heavy (non-hydrogen) atoms. The van der Waals surface area contributed by atoms with E-state index < -0.39 is 0 Å². The summed E-state index contributed by atoms with van der Waals surface area (Å²) in [6.45, 7) is 15.5. The van der Waals surface area contributed by atoms with Crippen molar-refractivity contribution in [1.82, 2.24) is 0 Å². The molecule has 0 aromatic carbocycles. The molecule has 0 heterocycles. The largest absolute Gasteiger partial charge is 0.393 e. The fourth-order valence-electron chi connectivity index (χ4n) is 1.33. The highest BCUT2D eigenvalue weighted by atomic mass is 16.5. The minimum absolute atomic E-state index is 0.0856. The number of hydrogen-bond acceptors (Lipinski definition) is 2. The van der Waals surface area contributed by atoms with Crippen LogP contribution in [0.5, 0.6) is 0 Å². The van der Waals surface area contributed by atoms with E-state index in [0.29, 0.717) is 6.42 Å². The van der Waals surface area contributed by atoms with Crippen molar-refractivity contribution in [2.45, 2.75) is 67.1 Å². The van der Waals surface area contributed by atoms with Crippen LogP contribution in [0.15, 0.2) is 0 Å². The van der Waals surface area contributed by atoms with Crippen LogP contribution in [0.2, 0.25) is 0 Å². The average Bonchev–Trinajstić information content (AvgIpc) is 1.93. The maximum Gasteiger partial charge on any atom is 0.0648 e. The van der Waals surface area contributed by atoms with Crippen LogP contribution in [0, 0.1) is 10.8 Å². The number of hydrogen-bond donors (Lipinski definition) is 1. The second-order valence-electron chi connectivity index (χ2n) is 6.81. The third kappa shape index (κ3) is 7.80. The van der Waals surface area contributed by atoms with Crippen molar-refractivity contribution in [3.63, 3.8) is 0 Å². The number of ether oxygens (including phenoxy) is 1. The van der Waals surface area contributed by atoms with Gasteiger partial charge in [-0.2, -0.15) is 0 Å². The van der Waals surface area contributed by atoms with Crippen LogP contribution >= 0.6 is 0 Å². The quantitative estimate of drug-likeness (QED) is 0.781. The van der Waals surface area contributed by atoms with E-state index in [-0.39, 0.29) is 23.0 Å². The summed E-state index contributed by atoms with van der Waals surface area (Å²) < 4.78 is 5.92. The first-order valence-corrected chi connectivity index (χ1v) is 5.82. The summed E-state index contributed by atoms with van der Waals surface area (Å²) in [6.07, 6.45) is 0.533. The lowest BCUT2D eigenvalue weighted by Gasteiger charge is -2.34. The molecule has 0 rings (SSSR count). The zero-order chi connectivity index (χ0) is 12.3. The molecule has 0 aliphatic rings. The van der Waals surface area contributed by atoms with Crippen molar-refractivity contribution >= 4 is 0 Å². The summed E-state index contributed by atoms with van der Waals surface area (Å²) in [5.74, 6) is 0. The minimum Gasteiger partial charge on any atom is -0.393 e. The molecule has 92 valence electrons. The van der Waals surface area contributed by atoms with Crippen LogP contribution in [-0.4, -0.2) is 23.9 Å². The van der Waals surface area contributed by atoms with Gasteiger partial charge in [0, 0.05) is 0 Å². The summed E-state index contributed by atoms with van der Waals surface area (Å²) in [4.78, 5) is 0. The van der Waals surface area contributed by atoms with E-state index in [9.17, 15) is 5.11 Å². The lowest BCUT2D eigenvalue weighted by atomic mass is 9.85. The lowest BCUT2D eigenvalue weighted by Crippen LogP contribution is -2.34. The SMILES string of the molecule is CC(O)CC(OCC(C)(C)C)C(C)(C)C. The summed E-state index contributed by atoms with van der Waals surface area (Å²) >= 11 is 0. The van der Waals surface area contributed by atoms with Gasteiger partial charge in [-0.15, -0.1) is 0 Å². The predicted octanol–water partition coefficient (Wildman–Crippen LogP) is 3.23. The Morgan fingerprint density at radius 2 is 1.53 bits per heavy atom. The maximum atomic E-state index is 9.44. The van der Waals surface area contributed by atoms with Gasteiger partial charge in [0.15, 0.2) is 0 Å². The molecule has 0 bridgehead atoms. The van der Waals surface area contributed by atoms with E-state index in [0.717, 1.165) is 6.61 Å². The summed E-state index contributed by atoms with van der Waals surface area (Å²) in [6, 6.07) is 0. The molecule has 0 aromatic rings. The Hall–Kier alpha value is -0.0800. The second-order valence-corrected chi connectivity index (χ2v) is 6.81. The van der Waals surface area contributed by atoms with Gasteiger partial charge in [0.1, 0.15) is 0 Å². The Bertz CT molecular complexity index is 172.